The van der Waals surface area contributed by atoms with Crippen molar-refractivity contribution in [3.63, 3.8) is 0 Å². The Morgan fingerprint density at radius 2 is 1.83 bits per heavy atom. The molecular weight excluding hydrogens is 250 g/mol. The van der Waals surface area contributed by atoms with Crippen LogP contribution in [0.25, 0.3) is 0 Å². The van der Waals surface area contributed by atoms with Crippen LogP contribution in [0.15, 0.2) is 24.3 Å². The molecule has 0 fully saturated rings. The van der Waals surface area contributed by atoms with Crippen LogP contribution in [0.3, 0.4) is 0 Å². The van der Waals surface area contributed by atoms with Crippen molar-refractivity contribution in [3.05, 3.63) is 29.8 Å². The van der Waals surface area contributed by atoms with Gasteiger partial charge in [0.05, 0.1) is 0 Å². The Balaban J connectivity index is 2.70. The molecule has 0 saturated heterocycles. The van der Waals surface area contributed by atoms with E-state index in [2.05, 4.69) is 0 Å². The molecule has 0 radical (unpaired) electrons. The number of aryl methyl sites for hydroxylation is 1. The van der Waals surface area contributed by atoms with E-state index in [1.165, 1.54) is 12.1 Å². The lowest BCUT2D eigenvalue weighted by Crippen LogP contribution is -2.40. The summed E-state index contributed by atoms with van der Waals surface area (Å²) in [6.45, 7) is 1.98. The first-order chi connectivity index (χ1) is 8.37. The summed E-state index contributed by atoms with van der Waals surface area (Å²) < 4.78 is 49.2. The minimum atomic E-state index is -4.68. The maximum atomic E-state index is 12.7. The number of hydrogen-bond acceptors (Lipinski definition) is 1. The number of nitrogens with one attached hydrogen (secondary N) is 1. The van der Waals surface area contributed by atoms with E-state index in [0.29, 0.717) is 0 Å². The van der Waals surface area contributed by atoms with E-state index in [9.17, 15) is 22.4 Å². The second kappa shape index (κ2) is 5.84. The predicted octanol–water partition coefficient (Wildman–Crippen LogP) is 3.48. The van der Waals surface area contributed by atoms with Crippen molar-refractivity contribution < 1.29 is 22.4 Å². The Morgan fingerprint density at radius 1 is 1.28 bits per heavy atom. The van der Waals surface area contributed by atoms with Gasteiger partial charge in [0.25, 0.3) is 0 Å². The van der Waals surface area contributed by atoms with Crippen molar-refractivity contribution >= 4 is 11.6 Å². The lowest BCUT2D eigenvalue weighted by atomic mass is 10.1. The molecule has 18 heavy (non-hydrogen) atoms. The third-order valence-electron chi connectivity index (χ3n) is 2.33. The third-order valence-corrected chi connectivity index (χ3v) is 2.33. The van der Waals surface area contributed by atoms with Crippen molar-refractivity contribution in [2.24, 2.45) is 0 Å². The Bertz CT molecular complexity index is 403. The number of alkyl halides is 4. The molecule has 0 aliphatic rings. The molecule has 0 bridgehead atoms. The molecular formula is C12H13F4NO. The van der Waals surface area contributed by atoms with Crippen LogP contribution in [0.5, 0.6) is 0 Å². The maximum absolute atomic E-state index is 12.7. The Labute approximate surface area is 102 Å². The number of carbonyl (C=O) groups excluding carboxylic acids is 1. The number of rotatable bonds is 5. The predicted molar refractivity (Wildman–Crippen MR) is 60.0 cm³/mol. The van der Waals surface area contributed by atoms with Gasteiger partial charge in [-0.1, -0.05) is 25.5 Å². The van der Waals surface area contributed by atoms with E-state index < -0.39 is 18.3 Å². The number of hydrogen-bond donors (Lipinski definition) is 1. The zero-order valence-corrected chi connectivity index (χ0v) is 9.72. The van der Waals surface area contributed by atoms with Crippen LogP contribution in [0.1, 0.15) is 18.9 Å². The highest BCUT2D eigenvalue weighted by atomic mass is 19.3. The summed E-state index contributed by atoms with van der Waals surface area (Å²) in [7, 11) is 0. The van der Waals surface area contributed by atoms with Crippen molar-refractivity contribution in [2.45, 2.75) is 32.1 Å². The maximum Gasteiger partial charge on any atom is 0.383 e. The molecule has 2 nitrogen and oxygen atoms in total. The summed E-state index contributed by atoms with van der Waals surface area (Å²) in [5, 5.41) is 1.76. The summed E-state index contributed by atoms with van der Waals surface area (Å²) in [4.78, 5) is 10.9. The first kappa shape index (κ1) is 14.5. The van der Waals surface area contributed by atoms with Gasteiger partial charge < -0.3 is 5.32 Å². The molecule has 1 N–H and O–H groups in total. The largest absolute Gasteiger partial charge is 0.383 e. The SMILES string of the molecule is CCCc1ccc(NC(=O)C(F)(F)C(F)F)cc1. The fourth-order valence-corrected chi connectivity index (χ4v) is 1.36. The average molecular weight is 263 g/mol. The van der Waals surface area contributed by atoms with Gasteiger partial charge in [-0.2, -0.15) is 8.78 Å². The molecule has 1 rings (SSSR count). The van der Waals surface area contributed by atoms with Gasteiger partial charge in [0, 0.05) is 5.69 Å². The molecule has 0 heterocycles. The number of halogens is 4. The molecule has 1 aromatic carbocycles. The average Bonchev–Trinajstić information content (AvgIpc) is 2.31. The fourth-order valence-electron chi connectivity index (χ4n) is 1.36. The van der Waals surface area contributed by atoms with Gasteiger partial charge in [-0.05, 0) is 24.1 Å². The van der Waals surface area contributed by atoms with Crippen LogP contribution >= 0.6 is 0 Å². The molecule has 0 atom stereocenters. The molecule has 0 aromatic heterocycles. The lowest BCUT2D eigenvalue weighted by molar-refractivity contribution is -0.163. The van der Waals surface area contributed by atoms with Gasteiger partial charge in [-0.3, -0.25) is 4.79 Å². The summed E-state index contributed by atoms with van der Waals surface area (Å²) in [6, 6.07) is 6.12. The summed E-state index contributed by atoms with van der Waals surface area (Å²) >= 11 is 0. The van der Waals surface area contributed by atoms with Crippen LogP contribution in [0.2, 0.25) is 0 Å². The zero-order chi connectivity index (χ0) is 13.8. The first-order valence-corrected chi connectivity index (χ1v) is 5.44. The van der Waals surface area contributed by atoms with Crippen molar-refractivity contribution in [1.82, 2.24) is 0 Å². The Hall–Kier alpha value is -1.59. The summed E-state index contributed by atoms with van der Waals surface area (Å²) in [6.07, 6.45) is -2.27. The van der Waals surface area contributed by atoms with Crippen LogP contribution in [-0.4, -0.2) is 18.3 Å². The van der Waals surface area contributed by atoms with Gasteiger partial charge in [-0.15, -0.1) is 0 Å². The van der Waals surface area contributed by atoms with Gasteiger partial charge in [0.15, 0.2) is 0 Å². The van der Waals surface area contributed by atoms with Gasteiger partial charge in [-0.25, -0.2) is 8.78 Å². The topological polar surface area (TPSA) is 29.1 Å². The molecule has 100 valence electrons. The van der Waals surface area contributed by atoms with Gasteiger partial charge in [0.2, 0.25) is 0 Å². The van der Waals surface area contributed by atoms with Crippen LogP contribution in [-0.2, 0) is 11.2 Å². The molecule has 6 heteroatoms. The third kappa shape index (κ3) is 3.45. The van der Waals surface area contributed by atoms with Gasteiger partial charge >= 0.3 is 18.3 Å². The second-order valence-corrected chi connectivity index (χ2v) is 3.82. The fraction of sp³-hybridized carbons (Fsp3) is 0.417. The number of carbonyl (C=O) groups is 1. The van der Waals surface area contributed by atoms with Crippen molar-refractivity contribution in [1.29, 1.82) is 0 Å². The quantitative estimate of drug-likeness (QED) is 0.810. The number of anilines is 1. The minimum absolute atomic E-state index is 0.0696. The lowest BCUT2D eigenvalue weighted by Gasteiger charge is -2.14. The second-order valence-electron chi connectivity index (χ2n) is 3.82. The standard InChI is InChI=1S/C12H13F4NO/c1-2-3-8-4-6-9(7-5-8)17-11(18)12(15,16)10(13)14/h4-7,10H,2-3H2,1H3,(H,17,18). The highest BCUT2D eigenvalue weighted by Gasteiger charge is 2.48. The molecule has 0 unspecified atom stereocenters. The minimum Gasteiger partial charge on any atom is -0.321 e. The summed E-state index contributed by atoms with van der Waals surface area (Å²) in [5.41, 5.74) is 1.05. The van der Waals surface area contributed by atoms with Crippen LogP contribution in [0.4, 0.5) is 23.2 Å². The number of amides is 1. The number of benzene rings is 1. The van der Waals surface area contributed by atoms with Gasteiger partial charge in [0.1, 0.15) is 0 Å². The van der Waals surface area contributed by atoms with E-state index in [4.69, 9.17) is 0 Å². The molecule has 1 aromatic rings. The normalized spacial score (nSPS) is 11.7. The molecule has 0 aliphatic heterocycles. The van der Waals surface area contributed by atoms with E-state index in [1.54, 1.807) is 17.4 Å². The highest BCUT2D eigenvalue weighted by molar-refractivity contribution is 5.96. The smallest absolute Gasteiger partial charge is 0.321 e. The molecule has 0 saturated carbocycles. The van der Waals surface area contributed by atoms with Crippen LogP contribution < -0.4 is 5.32 Å². The highest BCUT2D eigenvalue weighted by Crippen LogP contribution is 2.24. The van der Waals surface area contributed by atoms with Crippen molar-refractivity contribution in [2.75, 3.05) is 5.32 Å². The van der Waals surface area contributed by atoms with E-state index in [-0.39, 0.29) is 5.69 Å². The van der Waals surface area contributed by atoms with Crippen LogP contribution in [0, 0.1) is 0 Å². The summed E-state index contributed by atoms with van der Waals surface area (Å²) in [5.74, 6) is -6.68. The zero-order valence-electron chi connectivity index (χ0n) is 9.72. The van der Waals surface area contributed by atoms with E-state index in [0.717, 1.165) is 18.4 Å². The molecule has 0 spiro atoms. The monoisotopic (exact) mass is 263 g/mol. The van der Waals surface area contributed by atoms with E-state index in [1.807, 2.05) is 6.92 Å². The first-order valence-electron chi connectivity index (χ1n) is 5.44. The van der Waals surface area contributed by atoms with Crippen molar-refractivity contribution in [3.8, 4) is 0 Å². The van der Waals surface area contributed by atoms with E-state index >= 15 is 0 Å². The molecule has 1 amide bonds. The molecule has 0 aliphatic carbocycles. The Kier molecular flexibility index (Phi) is 4.69. The Morgan fingerprint density at radius 3 is 2.28 bits per heavy atom.